The van der Waals surface area contributed by atoms with Crippen LogP contribution in [-0.4, -0.2) is 51.0 Å². The van der Waals surface area contributed by atoms with E-state index in [9.17, 15) is 19.7 Å². The zero-order valence-electron chi connectivity index (χ0n) is 13.1. The van der Waals surface area contributed by atoms with Gasteiger partial charge in [-0.1, -0.05) is 0 Å². The van der Waals surface area contributed by atoms with Gasteiger partial charge in [0.25, 0.3) is 5.69 Å². The van der Waals surface area contributed by atoms with Gasteiger partial charge in [0.15, 0.2) is 0 Å². The highest BCUT2D eigenvalue weighted by atomic mass is 35.5. The molecule has 0 aliphatic heterocycles. The fraction of sp³-hybridized carbons (Fsp3) is 0.429. The van der Waals surface area contributed by atoms with Crippen molar-refractivity contribution >= 4 is 23.7 Å². The fourth-order valence-electron chi connectivity index (χ4n) is 1.86. The Hall–Kier alpha value is -2.03. The molecule has 0 saturated carbocycles. The minimum absolute atomic E-state index is 0. The van der Waals surface area contributed by atoms with Gasteiger partial charge in [0.2, 0.25) is 6.41 Å². The number of hydrogen-bond acceptors (Lipinski definition) is 5. The molecule has 0 bridgehead atoms. The first-order valence-electron chi connectivity index (χ1n) is 6.89. The molecule has 1 rings (SSSR count). The third-order valence-electron chi connectivity index (χ3n) is 3.36. The number of non-ortho nitro benzene ring substituents is 1. The van der Waals surface area contributed by atoms with Gasteiger partial charge < -0.3 is 23.0 Å². The third kappa shape index (κ3) is 6.31. The maximum Gasteiger partial charge on any atom is 0.332 e. The number of nitro benzene ring substituents is 1. The molecule has 0 radical (unpaired) electrons. The van der Waals surface area contributed by atoms with Crippen molar-refractivity contribution in [3.63, 3.8) is 0 Å². The van der Waals surface area contributed by atoms with E-state index in [1.54, 1.807) is 26.2 Å². The van der Waals surface area contributed by atoms with Crippen LogP contribution >= 0.6 is 0 Å². The fourth-order valence-corrected chi connectivity index (χ4v) is 1.86. The van der Waals surface area contributed by atoms with Crippen LogP contribution in [0.1, 0.15) is 6.42 Å². The largest absolute Gasteiger partial charge is 1.00 e. The standard InChI is InChI=1S/C14H20N4O4.ClH/c1-18(2,13-6-4-12(5-7-13)17(21)22)14(20)10-15-8-3-9-16-11-19;/h4-7,11,15H,3,8-10H2,1-2H3;1H. The van der Waals surface area contributed by atoms with E-state index in [0.717, 1.165) is 6.42 Å². The molecule has 0 aliphatic rings. The molecule has 128 valence electrons. The van der Waals surface area contributed by atoms with E-state index in [-0.39, 0.29) is 35.0 Å². The second-order valence-corrected chi connectivity index (χ2v) is 5.22. The topological polar surface area (TPSA) is 101 Å². The Kier molecular flexibility index (Phi) is 9.01. The number of amides is 2. The molecule has 23 heavy (non-hydrogen) atoms. The number of carbonyl (C=O) groups is 2. The van der Waals surface area contributed by atoms with Crippen molar-refractivity contribution in [2.24, 2.45) is 0 Å². The number of halogens is 1. The zero-order chi connectivity index (χ0) is 16.6. The predicted octanol–water partition coefficient (Wildman–Crippen LogP) is -2.58. The molecule has 0 aliphatic carbocycles. The van der Waals surface area contributed by atoms with Gasteiger partial charge in [-0.25, -0.2) is 9.28 Å². The molecular formula is C14H21ClN4O4. The quantitative estimate of drug-likeness (QED) is 0.168. The third-order valence-corrected chi connectivity index (χ3v) is 3.36. The van der Waals surface area contributed by atoms with Crippen molar-refractivity contribution in [2.45, 2.75) is 6.42 Å². The molecule has 0 unspecified atom stereocenters. The Bertz CT molecular complexity index is 534. The van der Waals surface area contributed by atoms with Gasteiger partial charge in [-0.2, -0.15) is 0 Å². The van der Waals surface area contributed by atoms with E-state index < -0.39 is 4.92 Å². The van der Waals surface area contributed by atoms with Crippen molar-refractivity contribution in [1.82, 2.24) is 15.1 Å². The van der Waals surface area contributed by atoms with E-state index in [4.69, 9.17) is 0 Å². The van der Waals surface area contributed by atoms with Crippen LogP contribution in [0.5, 0.6) is 0 Å². The van der Waals surface area contributed by atoms with Crippen LogP contribution in [0.2, 0.25) is 0 Å². The SMILES string of the molecule is C[N+](C)(C(=O)CNCCCNC=O)c1ccc([N+](=O)[O-])cc1.[Cl-]. The maximum atomic E-state index is 12.3. The molecule has 1 aromatic carbocycles. The molecule has 8 nitrogen and oxygen atoms in total. The van der Waals surface area contributed by atoms with Gasteiger partial charge in [0, 0.05) is 30.8 Å². The summed E-state index contributed by atoms with van der Waals surface area (Å²) in [6.07, 6.45) is 1.37. The van der Waals surface area contributed by atoms with Gasteiger partial charge in [0.1, 0.15) is 12.2 Å². The van der Waals surface area contributed by atoms with Crippen molar-refractivity contribution in [3.05, 3.63) is 34.4 Å². The Balaban J connectivity index is 0.00000484. The number of quaternary nitrogens is 1. The van der Waals surface area contributed by atoms with Crippen molar-refractivity contribution in [2.75, 3.05) is 33.7 Å². The normalized spacial score (nSPS) is 10.5. The van der Waals surface area contributed by atoms with E-state index in [0.29, 0.717) is 25.2 Å². The molecule has 0 aromatic heterocycles. The summed E-state index contributed by atoms with van der Waals surface area (Å²) in [5.74, 6) is -0.0581. The van der Waals surface area contributed by atoms with Crippen LogP contribution in [0.15, 0.2) is 24.3 Å². The van der Waals surface area contributed by atoms with Gasteiger partial charge in [-0.05, 0) is 13.0 Å². The number of hydrogen-bond donors (Lipinski definition) is 2. The minimum atomic E-state index is -0.472. The van der Waals surface area contributed by atoms with E-state index in [1.165, 1.54) is 12.1 Å². The Morgan fingerprint density at radius 2 is 1.87 bits per heavy atom. The highest BCUT2D eigenvalue weighted by Gasteiger charge is 2.29. The molecule has 1 aromatic rings. The summed E-state index contributed by atoms with van der Waals surface area (Å²) >= 11 is 0. The van der Waals surface area contributed by atoms with E-state index >= 15 is 0 Å². The number of carbonyl (C=O) groups excluding carboxylic acids is 2. The highest BCUT2D eigenvalue weighted by Crippen LogP contribution is 2.22. The summed E-state index contributed by atoms with van der Waals surface area (Å²) in [4.78, 5) is 32.5. The second kappa shape index (κ2) is 9.88. The number of nitrogens with one attached hydrogen (secondary N) is 2. The zero-order valence-corrected chi connectivity index (χ0v) is 13.9. The summed E-state index contributed by atoms with van der Waals surface area (Å²) in [5, 5.41) is 16.2. The monoisotopic (exact) mass is 344 g/mol. The molecule has 2 N–H and O–H groups in total. The van der Waals surface area contributed by atoms with Crippen LogP contribution in [0.4, 0.5) is 11.4 Å². The van der Waals surface area contributed by atoms with Crippen molar-refractivity contribution in [1.29, 1.82) is 0 Å². The highest BCUT2D eigenvalue weighted by molar-refractivity contribution is 5.89. The lowest BCUT2D eigenvalue weighted by molar-refractivity contribution is -0.384. The molecule has 2 amide bonds. The maximum absolute atomic E-state index is 12.3. The number of nitrogens with zero attached hydrogens (tertiary/aromatic N) is 2. The Labute approximate surface area is 141 Å². The van der Waals surface area contributed by atoms with Crippen LogP contribution in [-0.2, 0) is 9.59 Å². The average molecular weight is 345 g/mol. The number of likely N-dealkylation sites (N-methyl/N-ethyl adjacent to an activating group) is 1. The van der Waals surface area contributed by atoms with Gasteiger partial charge in [-0.3, -0.25) is 14.9 Å². The number of nitro groups is 1. The summed E-state index contributed by atoms with van der Waals surface area (Å²) in [6.45, 7) is 1.36. The summed E-state index contributed by atoms with van der Waals surface area (Å²) in [7, 11) is 3.47. The molecule has 0 spiro atoms. The first kappa shape index (κ1) is 21.0. The Morgan fingerprint density at radius 1 is 1.26 bits per heavy atom. The molecule has 0 heterocycles. The van der Waals surface area contributed by atoms with Crippen molar-refractivity contribution in [3.8, 4) is 0 Å². The first-order chi connectivity index (χ1) is 10.4. The lowest BCUT2D eigenvalue weighted by atomic mass is 10.2. The first-order valence-corrected chi connectivity index (χ1v) is 6.89. The van der Waals surface area contributed by atoms with Gasteiger partial charge in [0.05, 0.1) is 19.0 Å². The summed E-state index contributed by atoms with van der Waals surface area (Å²) < 4.78 is -0.00240. The Morgan fingerprint density at radius 3 is 2.39 bits per heavy atom. The molecule has 0 saturated heterocycles. The van der Waals surface area contributed by atoms with E-state index in [2.05, 4.69) is 10.6 Å². The van der Waals surface area contributed by atoms with Gasteiger partial charge >= 0.3 is 5.91 Å². The average Bonchev–Trinajstić information content (AvgIpc) is 2.50. The number of benzene rings is 1. The van der Waals surface area contributed by atoms with Crippen LogP contribution in [0.3, 0.4) is 0 Å². The van der Waals surface area contributed by atoms with Gasteiger partial charge in [-0.15, -0.1) is 0 Å². The van der Waals surface area contributed by atoms with E-state index in [1.807, 2.05) is 0 Å². The predicted molar refractivity (Wildman–Crippen MR) is 83.3 cm³/mol. The number of rotatable bonds is 9. The minimum Gasteiger partial charge on any atom is -1.00 e. The molecule has 0 atom stereocenters. The smallest absolute Gasteiger partial charge is 0.332 e. The van der Waals surface area contributed by atoms with Crippen LogP contribution in [0, 0.1) is 10.1 Å². The lowest BCUT2D eigenvalue weighted by Gasteiger charge is -2.26. The molecule has 9 heteroatoms. The summed E-state index contributed by atoms with van der Waals surface area (Å²) in [5.41, 5.74) is 0.678. The van der Waals surface area contributed by atoms with Crippen LogP contribution in [0.25, 0.3) is 0 Å². The molecular weight excluding hydrogens is 324 g/mol. The molecule has 0 fully saturated rings. The summed E-state index contributed by atoms with van der Waals surface area (Å²) in [6, 6.07) is 5.95. The lowest BCUT2D eigenvalue weighted by Crippen LogP contribution is -3.00. The van der Waals surface area contributed by atoms with Crippen LogP contribution < -0.4 is 27.5 Å². The second-order valence-electron chi connectivity index (χ2n) is 5.22. The van der Waals surface area contributed by atoms with Crippen molar-refractivity contribution < 1.29 is 26.9 Å².